The molecule has 0 aliphatic heterocycles. The topological polar surface area (TPSA) is 0 Å². The van der Waals surface area contributed by atoms with Crippen LogP contribution >= 0.6 is 0 Å². The molecule has 93 heavy (non-hydrogen) atoms. The summed E-state index contributed by atoms with van der Waals surface area (Å²) in [5, 5.41) is 0. The van der Waals surface area contributed by atoms with Crippen LogP contribution < -0.4 is 0 Å². The van der Waals surface area contributed by atoms with Crippen molar-refractivity contribution in [2.75, 3.05) is 0 Å². The van der Waals surface area contributed by atoms with Gasteiger partial charge >= 0.3 is 0 Å². The molecule has 2 unspecified atom stereocenters. The molecule has 0 bridgehead atoms. The predicted octanol–water partition coefficient (Wildman–Crippen LogP) is 36.2. The van der Waals surface area contributed by atoms with Crippen molar-refractivity contribution < 1.29 is 0 Å². The van der Waals surface area contributed by atoms with Crippen molar-refractivity contribution in [1.82, 2.24) is 0 Å². The fraction of sp³-hybridized carbons (Fsp3) is 1.00. The van der Waals surface area contributed by atoms with E-state index < -0.39 is 0 Å². The average molecular weight is 1310 g/mol. The van der Waals surface area contributed by atoms with E-state index in [1.165, 1.54) is 507 Å². The number of unbranched alkanes of at least 4 members (excludes halogenated alkanes) is 73. The van der Waals surface area contributed by atoms with Gasteiger partial charge in [0.1, 0.15) is 0 Å². The molecule has 0 amide bonds. The standard InChI is InChI=1S/C93H188/c1-7-13-19-25-31-37-43-48-51-55-61-67-73-79-85-91-93(88-82-76-70-64-58-52-46-40-34-28-22-16-10-4,90-84-78-72-66-60-54-50-45-39-33-27-21-15-9-3)92(86-80-74-68-62-56-42-36-30-24-18-12-6,87-81-75-69-63-57-47-41-35-29-23-17-11-5)89-83-77-71-65-59-53-49-44-38-32-26-20-14-8-2/h7-91H2,1-6H3. The minimum atomic E-state index is 0.547. The lowest BCUT2D eigenvalue weighted by Gasteiger charge is -2.53. The lowest BCUT2D eigenvalue weighted by Crippen LogP contribution is -2.43. The van der Waals surface area contributed by atoms with Crippen molar-refractivity contribution >= 4 is 0 Å². The second kappa shape index (κ2) is 81.0. The van der Waals surface area contributed by atoms with Gasteiger partial charge in [-0.15, -0.1) is 0 Å². The molecule has 0 heteroatoms. The van der Waals surface area contributed by atoms with Crippen molar-refractivity contribution in [3.05, 3.63) is 0 Å². The van der Waals surface area contributed by atoms with Crippen LogP contribution in [0, 0.1) is 10.8 Å². The Bertz CT molecular complexity index is 1280. The normalized spacial score (nSPS) is 13.2. The number of hydrogen-bond donors (Lipinski definition) is 0. The molecule has 0 radical (unpaired) electrons. The highest BCUT2D eigenvalue weighted by Crippen LogP contribution is 2.59. The van der Waals surface area contributed by atoms with Crippen LogP contribution in [-0.2, 0) is 0 Å². The minimum absolute atomic E-state index is 0.547. The van der Waals surface area contributed by atoms with E-state index >= 15 is 0 Å². The first-order valence-electron chi connectivity index (χ1n) is 46.1. The van der Waals surface area contributed by atoms with Crippen LogP contribution in [0.3, 0.4) is 0 Å². The molecule has 0 spiro atoms. The maximum atomic E-state index is 2.37. The van der Waals surface area contributed by atoms with Gasteiger partial charge in [-0.2, -0.15) is 0 Å². The maximum Gasteiger partial charge on any atom is -0.0241 e. The van der Waals surface area contributed by atoms with Crippen molar-refractivity contribution in [2.45, 2.75) is 587 Å². The fourth-order valence-corrected chi connectivity index (χ4v) is 17.4. The third-order valence-corrected chi connectivity index (χ3v) is 23.9. The molecule has 0 saturated heterocycles. The summed E-state index contributed by atoms with van der Waals surface area (Å²) < 4.78 is 0. The highest BCUT2D eigenvalue weighted by Gasteiger charge is 2.48. The van der Waals surface area contributed by atoms with Crippen LogP contribution in [0.2, 0.25) is 0 Å². The monoisotopic (exact) mass is 1310 g/mol. The van der Waals surface area contributed by atoms with E-state index in [0.29, 0.717) is 10.8 Å². The molecule has 0 fully saturated rings. The van der Waals surface area contributed by atoms with Crippen LogP contribution in [-0.4, -0.2) is 0 Å². The van der Waals surface area contributed by atoms with Gasteiger partial charge < -0.3 is 0 Å². The molecule has 0 heterocycles. The molecule has 0 N–H and O–H groups in total. The van der Waals surface area contributed by atoms with Crippen LogP contribution in [0.15, 0.2) is 0 Å². The maximum absolute atomic E-state index is 2.37. The van der Waals surface area contributed by atoms with E-state index in [1.54, 1.807) is 38.5 Å². The Kier molecular flexibility index (Phi) is 81.0. The SMILES string of the molecule is CCCCCCCCCCCCCCCCCC(CCCCCCCCCCCCCCC)(CCCCCCCCCCCCCCCC)C(CCCCCCCCCCCCC)(CCCCCCCCCCCCCC)CCCCCCCCCCCCCCCC. The largest absolute Gasteiger partial charge is 0.0654 e. The molecule has 0 nitrogen and oxygen atoms in total. The van der Waals surface area contributed by atoms with Gasteiger partial charge in [0, 0.05) is 0 Å². The first-order valence-corrected chi connectivity index (χ1v) is 46.1. The Morgan fingerprint density at radius 3 is 0.226 bits per heavy atom. The van der Waals surface area contributed by atoms with E-state index in [2.05, 4.69) is 41.5 Å². The van der Waals surface area contributed by atoms with Crippen LogP contribution in [0.25, 0.3) is 0 Å². The number of rotatable bonds is 86. The second-order valence-corrected chi connectivity index (χ2v) is 32.9. The third-order valence-electron chi connectivity index (χ3n) is 23.9. The molecule has 2 atom stereocenters. The van der Waals surface area contributed by atoms with Gasteiger partial charge in [-0.3, -0.25) is 0 Å². The zero-order valence-corrected chi connectivity index (χ0v) is 67.1. The summed E-state index contributed by atoms with van der Waals surface area (Å²) in [6.45, 7) is 14.2. The molecule has 0 rings (SSSR count). The molecule has 560 valence electrons. The van der Waals surface area contributed by atoms with Crippen LogP contribution in [0.5, 0.6) is 0 Å². The Labute approximate surface area is 594 Å². The van der Waals surface area contributed by atoms with Gasteiger partial charge in [-0.1, -0.05) is 549 Å². The summed E-state index contributed by atoms with van der Waals surface area (Å²) in [6, 6.07) is 0. The van der Waals surface area contributed by atoms with Gasteiger partial charge in [0.25, 0.3) is 0 Å². The molecule has 0 aliphatic carbocycles. The van der Waals surface area contributed by atoms with Gasteiger partial charge in [-0.05, 0) is 49.4 Å². The van der Waals surface area contributed by atoms with E-state index in [-0.39, 0.29) is 0 Å². The van der Waals surface area contributed by atoms with Gasteiger partial charge in [0.15, 0.2) is 0 Å². The summed E-state index contributed by atoms with van der Waals surface area (Å²) >= 11 is 0. The Hall–Kier alpha value is 0. The Balaban J connectivity index is 6.84. The lowest BCUT2D eigenvalue weighted by molar-refractivity contribution is -0.0310. The predicted molar refractivity (Wildman–Crippen MR) is 431 cm³/mol. The van der Waals surface area contributed by atoms with Crippen molar-refractivity contribution in [3.8, 4) is 0 Å². The zero-order chi connectivity index (χ0) is 67.1. The van der Waals surface area contributed by atoms with Crippen molar-refractivity contribution in [3.63, 3.8) is 0 Å². The fourth-order valence-electron chi connectivity index (χ4n) is 17.4. The smallest absolute Gasteiger partial charge is 0.0241 e. The minimum Gasteiger partial charge on any atom is -0.0654 e. The van der Waals surface area contributed by atoms with E-state index in [1.807, 2.05) is 0 Å². The van der Waals surface area contributed by atoms with Gasteiger partial charge in [-0.25, -0.2) is 0 Å². The Morgan fingerprint density at radius 1 is 0.0860 bits per heavy atom. The molecule has 0 aliphatic rings. The van der Waals surface area contributed by atoms with Crippen LogP contribution in [0.4, 0.5) is 0 Å². The van der Waals surface area contributed by atoms with E-state index in [4.69, 9.17) is 0 Å². The van der Waals surface area contributed by atoms with E-state index in [9.17, 15) is 0 Å². The summed E-state index contributed by atoms with van der Waals surface area (Å²) in [6.07, 6.45) is 127. The average Bonchev–Trinajstić information content (AvgIpc) is 0.806. The quantitative estimate of drug-likeness (QED) is 0.0533. The summed E-state index contributed by atoms with van der Waals surface area (Å²) in [5.74, 6) is 0. The molecular weight excluding hydrogens is 1120 g/mol. The first-order chi connectivity index (χ1) is 46.1. The van der Waals surface area contributed by atoms with Gasteiger partial charge in [0.05, 0.1) is 0 Å². The third kappa shape index (κ3) is 66.3. The van der Waals surface area contributed by atoms with Crippen molar-refractivity contribution in [1.29, 1.82) is 0 Å². The van der Waals surface area contributed by atoms with Gasteiger partial charge in [0.2, 0.25) is 0 Å². The van der Waals surface area contributed by atoms with E-state index in [0.717, 1.165) is 0 Å². The summed E-state index contributed by atoms with van der Waals surface area (Å²) in [4.78, 5) is 0. The molecular formula is C93H188. The lowest BCUT2D eigenvalue weighted by atomic mass is 9.51. The molecule has 0 aromatic carbocycles. The molecule has 0 saturated carbocycles. The van der Waals surface area contributed by atoms with Crippen molar-refractivity contribution in [2.24, 2.45) is 10.8 Å². The van der Waals surface area contributed by atoms with Crippen LogP contribution in [0.1, 0.15) is 587 Å². The first kappa shape index (κ1) is 93.0. The molecule has 0 aromatic heterocycles. The zero-order valence-electron chi connectivity index (χ0n) is 67.1. The Morgan fingerprint density at radius 2 is 0.151 bits per heavy atom. The summed E-state index contributed by atoms with van der Waals surface area (Å²) in [7, 11) is 0. The second-order valence-electron chi connectivity index (χ2n) is 32.9. The molecule has 0 aromatic rings. The highest BCUT2D eigenvalue weighted by molar-refractivity contribution is 4.98. The highest BCUT2D eigenvalue weighted by atomic mass is 14.5. The summed E-state index contributed by atoms with van der Waals surface area (Å²) in [5.41, 5.74) is 1.09. The number of hydrogen-bond acceptors (Lipinski definition) is 0.